The van der Waals surface area contributed by atoms with Gasteiger partial charge in [0, 0.05) is 12.1 Å². The Kier molecular flexibility index (Phi) is 6.67. The number of benzene rings is 2. The fourth-order valence-electron chi connectivity index (χ4n) is 3.19. The molecule has 1 heterocycles. The number of hydrogen-bond acceptors (Lipinski definition) is 3. The molecule has 0 radical (unpaired) electrons. The van der Waals surface area contributed by atoms with Crippen molar-refractivity contribution in [2.24, 2.45) is 5.92 Å². The average molecular weight is 352 g/mol. The maximum atomic E-state index is 12.2. The highest BCUT2D eigenvalue weighted by molar-refractivity contribution is 5.92. The molecule has 26 heavy (non-hydrogen) atoms. The van der Waals surface area contributed by atoms with Crippen LogP contribution >= 0.6 is 0 Å². The first kappa shape index (κ1) is 18.5. The van der Waals surface area contributed by atoms with E-state index >= 15 is 0 Å². The predicted octanol–water partition coefficient (Wildman–Crippen LogP) is 3.98. The molecule has 0 spiro atoms. The number of carbonyl (C=O) groups is 1. The van der Waals surface area contributed by atoms with E-state index < -0.39 is 0 Å². The highest BCUT2D eigenvalue weighted by Gasteiger charge is 2.17. The van der Waals surface area contributed by atoms with Crippen LogP contribution in [0.3, 0.4) is 0 Å². The van der Waals surface area contributed by atoms with Gasteiger partial charge in [0.25, 0.3) is 0 Å². The second-order valence-electron chi connectivity index (χ2n) is 7.12. The molecule has 2 aromatic carbocycles. The van der Waals surface area contributed by atoms with E-state index in [1.54, 1.807) is 0 Å². The molecule has 1 saturated heterocycles. The SMILES string of the molecule is CC1CCN(CC(=O)Nc2ccc(OCCc3ccccc3)cc2)CC1. The molecule has 0 atom stereocenters. The monoisotopic (exact) mass is 352 g/mol. The topological polar surface area (TPSA) is 41.6 Å². The lowest BCUT2D eigenvalue weighted by Gasteiger charge is -2.29. The molecule has 3 rings (SSSR count). The number of likely N-dealkylation sites (tertiary alicyclic amines) is 1. The van der Waals surface area contributed by atoms with E-state index in [4.69, 9.17) is 4.74 Å². The minimum Gasteiger partial charge on any atom is -0.493 e. The largest absolute Gasteiger partial charge is 0.493 e. The molecule has 1 aliphatic rings. The second-order valence-corrected chi connectivity index (χ2v) is 7.12. The van der Waals surface area contributed by atoms with Crippen LogP contribution in [-0.4, -0.2) is 37.0 Å². The number of ether oxygens (including phenoxy) is 1. The summed E-state index contributed by atoms with van der Waals surface area (Å²) in [4.78, 5) is 14.4. The first-order valence-corrected chi connectivity index (χ1v) is 9.48. The molecule has 0 aromatic heterocycles. The van der Waals surface area contributed by atoms with Crippen LogP contribution in [0.25, 0.3) is 0 Å². The fourth-order valence-corrected chi connectivity index (χ4v) is 3.19. The summed E-state index contributed by atoms with van der Waals surface area (Å²) in [5.74, 6) is 1.66. The first-order chi connectivity index (χ1) is 12.7. The van der Waals surface area contributed by atoms with Gasteiger partial charge in [-0.1, -0.05) is 37.3 Å². The van der Waals surface area contributed by atoms with Crippen molar-refractivity contribution in [1.29, 1.82) is 0 Å². The van der Waals surface area contributed by atoms with Gasteiger partial charge in [0.05, 0.1) is 13.2 Å². The minimum atomic E-state index is 0.0531. The number of amides is 1. The van der Waals surface area contributed by atoms with Crippen molar-refractivity contribution < 1.29 is 9.53 Å². The number of piperidine rings is 1. The van der Waals surface area contributed by atoms with Gasteiger partial charge in [0.15, 0.2) is 0 Å². The molecule has 1 amide bonds. The van der Waals surface area contributed by atoms with Gasteiger partial charge in [-0.25, -0.2) is 0 Å². The zero-order valence-corrected chi connectivity index (χ0v) is 15.5. The van der Waals surface area contributed by atoms with E-state index in [1.165, 1.54) is 18.4 Å². The molecule has 0 saturated carbocycles. The standard InChI is InChI=1S/C22H28N2O2/c1-18-11-14-24(15-12-18)17-22(25)23-20-7-9-21(10-8-20)26-16-13-19-5-3-2-4-6-19/h2-10,18H,11-17H2,1H3,(H,23,25). The summed E-state index contributed by atoms with van der Waals surface area (Å²) >= 11 is 0. The summed E-state index contributed by atoms with van der Waals surface area (Å²) in [6, 6.07) is 17.9. The van der Waals surface area contributed by atoms with Crippen LogP contribution in [0.15, 0.2) is 54.6 Å². The van der Waals surface area contributed by atoms with Crippen LogP contribution in [0.4, 0.5) is 5.69 Å². The van der Waals surface area contributed by atoms with E-state index in [9.17, 15) is 4.79 Å². The van der Waals surface area contributed by atoms with E-state index in [2.05, 4.69) is 29.3 Å². The van der Waals surface area contributed by atoms with Gasteiger partial charge in [-0.3, -0.25) is 9.69 Å². The summed E-state index contributed by atoms with van der Waals surface area (Å²) < 4.78 is 5.78. The van der Waals surface area contributed by atoms with Gasteiger partial charge in [0.2, 0.25) is 5.91 Å². The third-order valence-electron chi connectivity index (χ3n) is 4.88. The Morgan fingerprint density at radius 3 is 2.46 bits per heavy atom. The smallest absolute Gasteiger partial charge is 0.238 e. The molecule has 4 nitrogen and oxygen atoms in total. The van der Waals surface area contributed by atoms with Gasteiger partial charge in [-0.05, 0) is 61.7 Å². The lowest BCUT2D eigenvalue weighted by molar-refractivity contribution is -0.117. The molecule has 0 unspecified atom stereocenters. The van der Waals surface area contributed by atoms with Crippen LogP contribution < -0.4 is 10.1 Å². The lowest BCUT2D eigenvalue weighted by Crippen LogP contribution is -2.38. The molecule has 0 aliphatic carbocycles. The summed E-state index contributed by atoms with van der Waals surface area (Å²) in [5.41, 5.74) is 2.08. The first-order valence-electron chi connectivity index (χ1n) is 9.48. The van der Waals surface area contributed by atoms with Crippen molar-refractivity contribution in [3.8, 4) is 5.75 Å². The van der Waals surface area contributed by atoms with E-state index in [0.717, 1.165) is 36.9 Å². The molecule has 1 aliphatic heterocycles. The van der Waals surface area contributed by atoms with E-state index in [1.807, 2.05) is 42.5 Å². The Morgan fingerprint density at radius 2 is 1.77 bits per heavy atom. The van der Waals surface area contributed by atoms with Crippen molar-refractivity contribution in [3.05, 3.63) is 60.2 Å². The lowest BCUT2D eigenvalue weighted by atomic mass is 9.99. The van der Waals surface area contributed by atoms with Gasteiger partial charge < -0.3 is 10.1 Å². The quantitative estimate of drug-likeness (QED) is 0.819. The summed E-state index contributed by atoms with van der Waals surface area (Å²) in [5, 5.41) is 2.97. The number of hydrogen-bond donors (Lipinski definition) is 1. The molecular weight excluding hydrogens is 324 g/mol. The van der Waals surface area contributed by atoms with Crippen molar-refractivity contribution in [1.82, 2.24) is 4.90 Å². The Balaban J connectivity index is 1.40. The normalized spacial score (nSPS) is 15.6. The number of nitrogens with one attached hydrogen (secondary N) is 1. The van der Waals surface area contributed by atoms with Gasteiger partial charge in [-0.2, -0.15) is 0 Å². The maximum Gasteiger partial charge on any atom is 0.238 e. The molecule has 1 N–H and O–H groups in total. The Labute approximate surface area is 156 Å². The van der Waals surface area contributed by atoms with Crippen molar-refractivity contribution in [2.75, 3.05) is 31.6 Å². The van der Waals surface area contributed by atoms with Gasteiger partial charge in [-0.15, -0.1) is 0 Å². The zero-order valence-electron chi connectivity index (χ0n) is 15.5. The second kappa shape index (κ2) is 9.39. The fraction of sp³-hybridized carbons (Fsp3) is 0.409. The van der Waals surface area contributed by atoms with Crippen LogP contribution in [0.5, 0.6) is 5.75 Å². The van der Waals surface area contributed by atoms with Crippen LogP contribution in [-0.2, 0) is 11.2 Å². The Bertz CT molecular complexity index is 677. The number of anilines is 1. The molecule has 4 heteroatoms. The van der Waals surface area contributed by atoms with Gasteiger partial charge in [0.1, 0.15) is 5.75 Å². The predicted molar refractivity (Wildman–Crippen MR) is 106 cm³/mol. The summed E-state index contributed by atoms with van der Waals surface area (Å²) in [6.07, 6.45) is 3.25. The third-order valence-corrected chi connectivity index (χ3v) is 4.88. The number of nitrogens with zero attached hydrogens (tertiary/aromatic N) is 1. The van der Waals surface area contributed by atoms with E-state index in [0.29, 0.717) is 13.2 Å². The van der Waals surface area contributed by atoms with E-state index in [-0.39, 0.29) is 5.91 Å². The third kappa shape index (κ3) is 5.88. The molecule has 0 bridgehead atoms. The van der Waals surface area contributed by atoms with Crippen LogP contribution in [0, 0.1) is 5.92 Å². The minimum absolute atomic E-state index is 0.0531. The van der Waals surface area contributed by atoms with Crippen molar-refractivity contribution >= 4 is 11.6 Å². The zero-order chi connectivity index (χ0) is 18.2. The Morgan fingerprint density at radius 1 is 1.08 bits per heavy atom. The molecule has 1 fully saturated rings. The molecular formula is C22H28N2O2. The molecule has 2 aromatic rings. The molecule has 138 valence electrons. The van der Waals surface area contributed by atoms with Crippen LogP contribution in [0.1, 0.15) is 25.3 Å². The highest BCUT2D eigenvalue weighted by Crippen LogP contribution is 2.18. The van der Waals surface area contributed by atoms with Gasteiger partial charge >= 0.3 is 0 Å². The number of rotatable bonds is 7. The number of carbonyl (C=O) groups excluding carboxylic acids is 1. The van der Waals surface area contributed by atoms with Crippen LogP contribution in [0.2, 0.25) is 0 Å². The van der Waals surface area contributed by atoms with Crippen molar-refractivity contribution in [3.63, 3.8) is 0 Å². The average Bonchev–Trinajstić information content (AvgIpc) is 2.66. The Hall–Kier alpha value is -2.33. The highest BCUT2D eigenvalue weighted by atomic mass is 16.5. The maximum absolute atomic E-state index is 12.2. The summed E-state index contributed by atoms with van der Waals surface area (Å²) in [7, 11) is 0. The van der Waals surface area contributed by atoms with Crippen molar-refractivity contribution in [2.45, 2.75) is 26.2 Å². The summed E-state index contributed by atoms with van der Waals surface area (Å²) in [6.45, 7) is 5.43.